The van der Waals surface area contributed by atoms with E-state index in [1.54, 1.807) is 0 Å². The molecule has 5 heteroatoms. The summed E-state index contributed by atoms with van der Waals surface area (Å²) in [5.74, 6) is 2.60. The van der Waals surface area contributed by atoms with Crippen molar-refractivity contribution in [2.24, 2.45) is 5.73 Å². The highest BCUT2D eigenvalue weighted by Gasteiger charge is 2.32. The number of nitrogens with zero attached hydrogens (tertiary/aromatic N) is 2. The maximum Gasteiger partial charge on any atom is 0.229 e. The first-order chi connectivity index (χ1) is 9.79. The van der Waals surface area contributed by atoms with E-state index < -0.39 is 0 Å². The summed E-state index contributed by atoms with van der Waals surface area (Å²) in [6.07, 6.45) is 3.69. The topological polar surface area (TPSA) is 74.2 Å². The standard InChI is InChI=1S/C15H17N3O2/c16-11-6-5-10(7-11)15-17-14(18-20-15)13-8-9-3-1-2-4-12(9)19-13/h1-4,10-11,13H,5-8,16H2/t10-,11+,13?/m1/s1. The van der Waals surface area contributed by atoms with E-state index in [1.807, 2.05) is 18.2 Å². The van der Waals surface area contributed by atoms with Crippen LogP contribution >= 0.6 is 0 Å². The molecule has 0 spiro atoms. The third-order valence-corrected chi connectivity index (χ3v) is 4.22. The highest BCUT2D eigenvalue weighted by molar-refractivity contribution is 5.37. The number of fused-ring (bicyclic) bond motifs is 1. The van der Waals surface area contributed by atoms with Gasteiger partial charge in [0.15, 0.2) is 6.10 Å². The fraction of sp³-hybridized carbons (Fsp3) is 0.467. The highest BCUT2D eigenvalue weighted by Crippen LogP contribution is 2.37. The fourth-order valence-corrected chi connectivity index (χ4v) is 3.11. The molecule has 2 heterocycles. The van der Waals surface area contributed by atoms with E-state index in [-0.39, 0.29) is 12.1 Å². The van der Waals surface area contributed by atoms with E-state index in [2.05, 4.69) is 16.2 Å². The highest BCUT2D eigenvalue weighted by atomic mass is 16.5. The maximum atomic E-state index is 5.93. The molecule has 1 aliphatic heterocycles. The van der Waals surface area contributed by atoms with E-state index in [4.69, 9.17) is 15.0 Å². The molecule has 4 rings (SSSR count). The predicted molar refractivity (Wildman–Crippen MR) is 72.4 cm³/mol. The van der Waals surface area contributed by atoms with E-state index in [9.17, 15) is 0 Å². The molecule has 1 fully saturated rings. The van der Waals surface area contributed by atoms with Crippen LogP contribution in [-0.4, -0.2) is 16.2 Å². The van der Waals surface area contributed by atoms with E-state index in [0.717, 1.165) is 31.4 Å². The van der Waals surface area contributed by atoms with Crippen molar-refractivity contribution in [3.05, 3.63) is 41.5 Å². The third-order valence-electron chi connectivity index (χ3n) is 4.22. The van der Waals surface area contributed by atoms with Gasteiger partial charge < -0.3 is 15.0 Å². The van der Waals surface area contributed by atoms with Gasteiger partial charge in [-0.3, -0.25) is 0 Å². The van der Waals surface area contributed by atoms with Gasteiger partial charge in [0.1, 0.15) is 5.75 Å². The summed E-state index contributed by atoms with van der Waals surface area (Å²) in [7, 11) is 0. The second-order valence-electron chi connectivity index (χ2n) is 5.68. The molecule has 104 valence electrons. The molecular formula is C15H17N3O2. The van der Waals surface area contributed by atoms with Gasteiger partial charge >= 0.3 is 0 Å². The lowest BCUT2D eigenvalue weighted by molar-refractivity contribution is 0.220. The van der Waals surface area contributed by atoms with Crippen molar-refractivity contribution >= 4 is 0 Å². The molecule has 1 unspecified atom stereocenters. The van der Waals surface area contributed by atoms with Gasteiger partial charge in [-0.05, 0) is 30.9 Å². The van der Waals surface area contributed by atoms with E-state index >= 15 is 0 Å². The second kappa shape index (κ2) is 4.59. The first-order valence-corrected chi connectivity index (χ1v) is 7.13. The van der Waals surface area contributed by atoms with Crippen molar-refractivity contribution in [1.29, 1.82) is 0 Å². The van der Waals surface area contributed by atoms with Gasteiger partial charge in [0, 0.05) is 18.4 Å². The van der Waals surface area contributed by atoms with Crippen LogP contribution in [0.15, 0.2) is 28.8 Å². The van der Waals surface area contributed by atoms with Crippen LogP contribution in [0, 0.1) is 0 Å². The smallest absolute Gasteiger partial charge is 0.229 e. The second-order valence-corrected chi connectivity index (χ2v) is 5.68. The number of hydrogen-bond donors (Lipinski definition) is 1. The molecule has 20 heavy (non-hydrogen) atoms. The van der Waals surface area contributed by atoms with Crippen LogP contribution in [0.2, 0.25) is 0 Å². The number of benzene rings is 1. The first kappa shape index (κ1) is 11.9. The van der Waals surface area contributed by atoms with Crippen molar-refractivity contribution in [1.82, 2.24) is 10.1 Å². The molecule has 1 aliphatic carbocycles. The minimum absolute atomic E-state index is 0.125. The Bertz CT molecular complexity index is 600. The van der Waals surface area contributed by atoms with Gasteiger partial charge in [-0.2, -0.15) is 4.98 Å². The van der Waals surface area contributed by atoms with E-state index in [1.165, 1.54) is 5.56 Å². The average Bonchev–Trinajstić information content (AvgIpc) is 3.16. The summed E-state index contributed by atoms with van der Waals surface area (Å²) in [6, 6.07) is 8.32. The van der Waals surface area contributed by atoms with Crippen LogP contribution in [0.3, 0.4) is 0 Å². The Morgan fingerprint density at radius 1 is 1.20 bits per heavy atom. The number of aromatic nitrogens is 2. The van der Waals surface area contributed by atoms with Crippen molar-refractivity contribution in [2.45, 2.75) is 43.7 Å². The number of rotatable bonds is 2. The Hall–Kier alpha value is -1.88. The van der Waals surface area contributed by atoms with Crippen molar-refractivity contribution in [3.8, 4) is 5.75 Å². The molecule has 1 saturated carbocycles. The van der Waals surface area contributed by atoms with Crippen LogP contribution in [0.5, 0.6) is 5.75 Å². The lowest BCUT2D eigenvalue weighted by atomic mass is 10.1. The Labute approximate surface area is 117 Å². The molecule has 5 nitrogen and oxygen atoms in total. The lowest BCUT2D eigenvalue weighted by Crippen LogP contribution is -2.14. The number of nitrogens with two attached hydrogens (primary N) is 1. The first-order valence-electron chi connectivity index (χ1n) is 7.13. The number of para-hydroxylation sites is 1. The summed E-state index contributed by atoms with van der Waals surface area (Å²) in [6.45, 7) is 0. The molecular weight excluding hydrogens is 254 g/mol. The van der Waals surface area contributed by atoms with Gasteiger partial charge in [0.05, 0.1) is 0 Å². The molecule has 2 aliphatic rings. The lowest BCUT2D eigenvalue weighted by Gasteiger charge is -2.05. The monoisotopic (exact) mass is 271 g/mol. The van der Waals surface area contributed by atoms with Crippen molar-refractivity contribution < 1.29 is 9.26 Å². The largest absolute Gasteiger partial charge is 0.482 e. The molecule has 3 atom stereocenters. The quantitative estimate of drug-likeness (QED) is 0.907. The van der Waals surface area contributed by atoms with Crippen LogP contribution in [0.25, 0.3) is 0 Å². The Morgan fingerprint density at radius 3 is 2.90 bits per heavy atom. The molecule has 0 amide bonds. The molecule has 1 aromatic heterocycles. The molecule has 1 aromatic carbocycles. The molecule has 2 aromatic rings. The zero-order valence-corrected chi connectivity index (χ0v) is 11.2. The summed E-state index contributed by atoms with van der Waals surface area (Å²) >= 11 is 0. The Kier molecular flexibility index (Phi) is 2.73. The van der Waals surface area contributed by atoms with Crippen LogP contribution < -0.4 is 10.5 Å². The summed E-state index contributed by atoms with van der Waals surface area (Å²) in [4.78, 5) is 4.53. The minimum Gasteiger partial charge on any atom is -0.482 e. The number of hydrogen-bond acceptors (Lipinski definition) is 5. The molecule has 2 N–H and O–H groups in total. The summed E-state index contributed by atoms with van der Waals surface area (Å²) in [5, 5.41) is 4.10. The molecule has 0 saturated heterocycles. The number of ether oxygens (including phenoxy) is 1. The summed E-state index contributed by atoms with van der Waals surface area (Å²) in [5.41, 5.74) is 7.14. The minimum atomic E-state index is -0.125. The van der Waals surface area contributed by atoms with Gasteiger partial charge in [-0.25, -0.2) is 0 Å². The van der Waals surface area contributed by atoms with Gasteiger partial charge in [0.25, 0.3) is 0 Å². The van der Waals surface area contributed by atoms with Crippen LogP contribution in [0.4, 0.5) is 0 Å². The normalized spacial score (nSPS) is 28.4. The van der Waals surface area contributed by atoms with E-state index in [0.29, 0.717) is 17.6 Å². The van der Waals surface area contributed by atoms with Gasteiger partial charge in [0.2, 0.25) is 11.7 Å². The zero-order valence-electron chi connectivity index (χ0n) is 11.2. The van der Waals surface area contributed by atoms with Crippen LogP contribution in [0.1, 0.15) is 48.6 Å². The fourth-order valence-electron chi connectivity index (χ4n) is 3.11. The third kappa shape index (κ3) is 1.98. The Balaban J connectivity index is 1.52. The van der Waals surface area contributed by atoms with Gasteiger partial charge in [-0.15, -0.1) is 0 Å². The molecule has 0 bridgehead atoms. The predicted octanol–water partition coefficient (Wildman–Crippen LogP) is 2.34. The average molecular weight is 271 g/mol. The zero-order chi connectivity index (χ0) is 13.5. The summed E-state index contributed by atoms with van der Waals surface area (Å²) < 4.78 is 11.3. The maximum absolute atomic E-state index is 5.93. The van der Waals surface area contributed by atoms with Crippen molar-refractivity contribution in [2.75, 3.05) is 0 Å². The SMILES string of the molecule is N[C@H]1CC[C@@H](c2nc(C3Cc4ccccc4O3)no2)C1. The Morgan fingerprint density at radius 2 is 2.10 bits per heavy atom. The van der Waals surface area contributed by atoms with Crippen LogP contribution in [-0.2, 0) is 6.42 Å². The van der Waals surface area contributed by atoms with Gasteiger partial charge in [-0.1, -0.05) is 23.4 Å². The van der Waals surface area contributed by atoms with Crippen molar-refractivity contribution in [3.63, 3.8) is 0 Å². The molecule has 0 radical (unpaired) electrons.